The van der Waals surface area contributed by atoms with Crippen LogP contribution in [0.15, 0.2) is 12.2 Å². The lowest BCUT2D eigenvalue weighted by Crippen LogP contribution is -2.28. The van der Waals surface area contributed by atoms with Gasteiger partial charge in [0.05, 0.1) is 6.61 Å². The van der Waals surface area contributed by atoms with Gasteiger partial charge < -0.3 is 9.53 Å². The Balaban J connectivity index is 2.46. The summed E-state index contributed by atoms with van der Waals surface area (Å²) in [5, 5.41) is 0. The topological polar surface area (TPSA) is 43.4 Å². The third-order valence-electron chi connectivity index (χ3n) is 1.81. The van der Waals surface area contributed by atoms with Crippen molar-refractivity contribution < 1.29 is 14.3 Å². The molecule has 0 amide bonds. The summed E-state index contributed by atoms with van der Waals surface area (Å²) in [4.78, 5) is 21.4. The second-order valence-corrected chi connectivity index (χ2v) is 2.98. The standard InChI is InChI=1S/C9H12O3/c1-7(6-10)5-9-8(11)3-2-4-12-9/h2-3,6-7,9H,4-5H2,1H3/t7?,9-/m0/s1. The highest BCUT2D eigenvalue weighted by Gasteiger charge is 2.21. The average molecular weight is 168 g/mol. The molecule has 3 heteroatoms. The van der Waals surface area contributed by atoms with Gasteiger partial charge in [0.25, 0.3) is 0 Å². The summed E-state index contributed by atoms with van der Waals surface area (Å²) in [6.45, 7) is 2.25. The monoisotopic (exact) mass is 168 g/mol. The van der Waals surface area contributed by atoms with Crippen LogP contribution in [0.3, 0.4) is 0 Å². The minimum Gasteiger partial charge on any atom is -0.366 e. The van der Waals surface area contributed by atoms with Crippen molar-refractivity contribution in [1.29, 1.82) is 0 Å². The largest absolute Gasteiger partial charge is 0.366 e. The van der Waals surface area contributed by atoms with Gasteiger partial charge in [0, 0.05) is 5.92 Å². The Kier molecular flexibility index (Phi) is 3.17. The molecule has 66 valence electrons. The van der Waals surface area contributed by atoms with Gasteiger partial charge in [0.2, 0.25) is 0 Å². The van der Waals surface area contributed by atoms with Crippen LogP contribution in [0.25, 0.3) is 0 Å². The van der Waals surface area contributed by atoms with Crippen molar-refractivity contribution in [3.05, 3.63) is 12.2 Å². The zero-order chi connectivity index (χ0) is 8.97. The van der Waals surface area contributed by atoms with Crippen LogP contribution in [0.4, 0.5) is 0 Å². The molecule has 0 bridgehead atoms. The van der Waals surface area contributed by atoms with Gasteiger partial charge in [-0.1, -0.05) is 13.0 Å². The van der Waals surface area contributed by atoms with Crippen molar-refractivity contribution in [2.75, 3.05) is 6.61 Å². The van der Waals surface area contributed by atoms with Crippen molar-refractivity contribution >= 4 is 12.1 Å². The fraction of sp³-hybridized carbons (Fsp3) is 0.556. The van der Waals surface area contributed by atoms with Crippen LogP contribution < -0.4 is 0 Å². The van der Waals surface area contributed by atoms with E-state index >= 15 is 0 Å². The van der Waals surface area contributed by atoms with Crippen LogP contribution in [-0.4, -0.2) is 24.8 Å². The van der Waals surface area contributed by atoms with Gasteiger partial charge in [-0.3, -0.25) is 4.79 Å². The lowest BCUT2D eigenvalue weighted by molar-refractivity contribution is -0.127. The van der Waals surface area contributed by atoms with E-state index in [4.69, 9.17) is 4.74 Å². The maximum absolute atomic E-state index is 11.1. The van der Waals surface area contributed by atoms with E-state index < -0.39 is 6.10 Å². The van der Waals surface area contributed by atoms with Crippen molar-refractivity contribution in [3.8, 4) is 0 Å². The smallest absolute Gasteiger partial charge is 0.184 e. The molecule has 0 N–H and O–H groups in total. The summed E-state index contributed by atoms with van der Waals surface area (Å²) in [6.07, 6.45) is 4.13. The Labute approximate surface area is 71.4 Å². The first-order valence-electron chi connectivity index (χ1n) is 4.01. The third-order valence-corrected chi connectivity index (χ3v) is 1.81. The zero-order valence-corrected chi connectivity index (χ0v) is 7.03. The van der Waals surface area contributed by atoms with Crippen LogP contribution in [0.1, 0.15) is 13.3 Å². The summed E-state index contributed by atoms with van der Waals surface area (Å²) in [7, 11) is 0. The zero-order valence-electron chi connectivity index (χ0n) is 7.03. The normalized spacial score (nSPS) is 25.4. The van der Waals surface area contributed by atoms with E-state index in [-0.39, 0.29) is 11.7 Å². The first-order chi connectivity index (χ1) is 5.74. The van der Waals surface area contributed by atoms with Gasteiger partial charge >= 0.3 is 0 Å². The molecule has 0 spiro atoms. The van der Waals surface area contributed by atoms with Gasteiger partial charge in [0.15, 0.2) is 5.78 Å². The van der Waals surface area contributed by atoms with Crippen molar-refractivity contribution in [2.45, 2.75) is 19.4 Å². The van der Waals surface area contributed by atoms with Gasteiger partial charge in [0.1, 0.15) is 12.4 Å². The number of ether oxygens (including phenoxy) is 1. The van der Waals surface area contributed by atoms with Gasteiger partial charge in [-0.05, 0) is 12.5 Å². The first kappa shape index (κ1) is 9.13. The average Bonchev–Trinajstić information content (AvgIpc) is 2.09. The van der Waals surface area contributed by atoms with Crippen molar-refractivity contribution in [3.63, 3.8) is 0 Å². The molecule has 2 atom stereocenters. The molecule has 0 fully saturated rings. The minimum atomic E-state index is -0.407. The second kappa shape index (κ2) is 4.16. The molecule has 1 aliphatic heterocycles. The number of aldehydes is 1. The maximum atomic E-state index is 11.1. The Bertz CT molecular complexity index is 208. The fourth-order valence-corrected chi connectivity index (χ4v) is 1.10. The molecular formula is C9H12O3. The highest BCUT2D eigenvalue weighted by molar-refractivity contribution is 5.94. The predicted octanol–water partition coefficient (Wildman–Crippen LogP) is 0.736. The molecule has 0 saturated heterocycles. The predicted molar refractivity (Wildman–Crippen MR) is 43.7 cm³/mol. The highest BCUT2D eigenvalue weighted by Crippen LogP contribution is 2.11. The van der Waals surface area contributed by atoms with Gasteiger partial charge in [-0.2, -0.15) is 0 Å². The van der Waals surface area contributed by atoms with Crippen LogP contribution in [0.5, 0.6) is 0 Å². The summed E-state index contributed by atoms with van der Waals surface area (Å²) in [5.74, 6) is -0.139. The summed E-state index contributed by atoms with van der Waals surface area (Å²) < 4.78 is 5.17. The third kappa shape index (κ3) is 2.27. The van der Waals surface area contributed by atoms with E-state index in [1.165, 1.54) is 6.08 Å². The van der Waals surface area contributed by atoms with E-state index in [9.17, 15) is 9.59 Å². The first-order valence-corrected chi connectivity index (χ1v) is 4.01. The molecule has 0 aromatic carbocycles. The Hall–Kier alpha value is -0.960. The molecule has 1 rings (SSSR count). The quantitative estimate of drug-likeness (QED) is 0.583. The number of carbonyl (C=O) groups is 2. The molecule has 3 nitrogen and oxygen atoms in total. The van der Waals surface area contributed by atoms with Crippen LogP contribution in [0, 0.1) is 5.92 Å². The molecular weight excluding hydrogens is 156 g/mol. The van der Waals surface area contributed by atoms with Crippen molar-refractivity contribution in [1.82, 2.24) is 0 Å². The van der Waals surface area contributed by atoms with Crippen LogP contribution in [-0.2, 0) is 14.3 Å². The SMILES string of the molecule is CC(C=O)C[C@@H]1OCC=CC1=O. The number of rotatable bonds is 3. The maximum Gasteiger partial charge on any atom is 0.184 e. The number of hydrogen-bond acceptors (Lipinski definition) is 3. The number of carbonyl (C=O) groups excluding carboxylic acids is 2. The van der Waals surface area contributed by atoms with E-state index in [0.29, 0.717) is 13.0 Å². The molecule has 1 unspecified atom stereocenters. The Morgan fingerprint density at radius 3 is 3.17 bits per heavy atom. The number of ketones is 1. The fourth-order valence-electron chi connectivity index (χ4n) is 1.10. The van der Waals surface area contributed by atoms with Gasteiger partial charge in [-0.15, -0.1) is 0 Å². The lowest BCUT2D eigenvalue weighted by atomic mass is 10.0. The Morgan fingerprint density at radius 2 is 2.58 bits per heavy atom. The van der Waals surface area contributed by atoms with E-state index in [0.717, 1.165) is 6.29 Å². The highest BCUT2D eigenvalue weighted by atomic mass is 16.5. The second-order valence-electron chi connectivity index (χ2n) is 2.98. The molecule has 0 radical (unpaired) electrons. The molecule has 12 heavy (non-hydrogen) atoms. The van der Waals surface area contributed by atoms with Crippen LogP contribution in [0.2, 0.25) is 0 Å². The summed E-state index contributed by atoms with van der Waals surface area (Å²) >= 11 is 0. The van der Waals surface area contributed by atoms with Crippen molar-refractivity contribution in [2.24, 2.45) is 5.92 Å². The molecule has 1 heterocycles. The van der Waals surface area contributed by atoms with E-state index in [1.54, 1.807) is 13.0 Å². The number of hydrogen-bond donors (Lipinski definition) is 0. The molecule has 0 aromatic heterocycles. The van der Waals surface area contributed by atoms with Gasteiger partial charge in [-0.25, -0.2) is 0 Å². The summed E-state index contributed by atoms with van der Waals surface area (Å²) in [6, 6.07) is 0. The van der Waals surface area contributed by atoms with E-state index in [1.807, 2.05) is 0 Å². The minimum absolute atomic E-state index is 0.0325. The lowest BCUT2D eigenvalue weighted by Gasteiger charge is -2.18. The molecule has 0 aromatic rings. The summed E-state index contributed by atoms with van der Waals surface area (Å²) in [5.41, 5.74) is 0. The molecule has 0 saturated carbocycles. The van der Waals surface area contributed by atoms with Crippen LogP contribution >= 0.6 is 0 Å². The van der Waals surface area contributed by atoms with E-state index in [2.05, 4.69) is 0 Å². The Morgan fingerprint density at radius 1 is 1.83 bits per heavy atom. The molecule has 0 aliphatic carbocycles. The molecule has 1 aliphatic rings.